The summed E-state index contributed by atoms with van der Waals surface area (Å²) in [6, 6.07) is 0. The first-order chi connectivity index (χ1) is 3.41. The highest BCUT2D eigenvalue weighted by Gasteiger charge is 1.63. The van der Waals surface area contributed by atoms with Gasteiger partial charge in [-0.15, -0.1) is 0 Å². The van der Waals surface area contributed by atoms with Crippen molar-refractivity contribution in [1.82, 2.24) is 0 Å². The molecule has 5 heteroatoms. The number of carbonyl (C=O) groups excluding carboxylic acids is 2. The van der Waals surface area contributed by atoms with Gasteiger partial charge in [0.2, 0.25) is 0 Å². The Hall–Kier alpha value is -0.606. The van der Waals surface area contributed by atoms with Crippen molar-refractivity contribution in [1.29, 1.82) is 0 Å². The summed E-state index contributed by atoms with van der Waals surface area (Å²) in [5.74, 6) is 0. The fourth-order valence-corrected chi connectivity index (χ4v) is 0.806. The third-order valence-corrected chi connectivity index (χ3v) is 1.51. The maximum Gasteiger partial charge on any atom is 0.312 e. The Morgan fingerprint density at radius 2 is 1.57 bits per heavy atom. The van der Waals surface area contributed by atoms with E-state index in [4.69, 9.17) is 0 Å². The van der Waals surface area contributed by atoms with Gasteiger partial charge in [-0.3, -0.25) is 0 Å². The summed E-state index contributed by atoms with van der Waals surface area (Å²) in [4.78, 5) is 18.7. The van der Waals surface area contributed by atoms with Crippen molar-refractivity contribution >= 4 is 29.8 Å². The molecular formula is C2H2O3Si2. The third-order valence-electron chi connectivity index (χ3n) is 0.232. The van der Waals surface area contributed by atoms with Crippen LogP contribution in [0.2, 0.25) is 0 Å². The van der Waals surface area contributed by atoms with Crippen molar-refractivity contribution in [3.05, 3.63) is 0 Å². The highest BCUT2D eigenvalue weighted by molar-refractivity contribution is 6.49. The molecule has 36 valence electrons. The van der Waals surface area contributed by atoms with Crippen LogP contribution in [0.3, 0.4) is 0 Å². The average Bonchev–Trinajstić information content (AvgIpc) is 1.69. The van der Waals surface area contributed by atoms with Crippen LogP contribution < -0.4 is 0 Å². The summed E-state index contributed by atoms with van der Waals surface area (Å²) >= 11 is 0. The average molecular weight is 130 g/mol. The second kappa shape index (κ2) is 5.39. The molecule has 0 aromatic heterocycles. The van der Waals surface area contributed by atoms with Gasteiger partial charge in [-0.05, 0) is 0 Å². The number of hydrogen-bond acceptors (Lipinski definition) is 3. The number of hydrogen-bond donors (Lipinski definition) is 0. The standard InChI is InChI=1S/C2H2O3Si2/c3-1-6-5-7-2-4/h6-7H. The Kier molecular flexibility index (Phi) is 4.93. The topological polar surface area (TPSA) is 43.4 Å². The molecule has 0 spiro atoms. The summed E-state index contributed by atoms with van der Waals surface area (Å²) in [6.07, 6.45) is 0. The van der Waals surface area contributed by atoms with Crippen molar-refractivity contribution in [2.45, 2.75) is 0 Å². The highest BCUT2D eigenvalue weighted by atomic mass is 28.3. The molecule has 0 amide bonds. The Balaban J connectivity index is 3.33. The molecule has 0 N–H and O–H groups in total. The molecule has 0 aromatic carbocycles. The zero-order valence-electron chi connectivity index (χ0n) is 3.38. The molecule has 0 aliphatic carbocycles. The van der Waals surface area contributed by atoms with E-state index in [1.165, 1.54) is 0 Å². The second-order valence-corrected chi connectivity index (χ2v) is 2.64. The maximum absolute atomic E-state index is 9.35. The Labute approximate surface area is 44.4 Å². The molecule has 0 aliphatic rings. The van der Waals surface area contributed by atoms with E-state index in [1.54, 1.807) is 11.1 Å². The smallest absolute Gasteiger partial charge is 0.312 e. The first-order valence-electron chi connectivity index (χ1n) is 1.46. The summed E-state index contributed by atoms with van der Waals surface area (Å²) in [5, 5.41) is 0. The summed E-state index contributed by atoms with van der Waals surface area (Å²) in [7, 11) is -1.43. The van der Waals surface area contributed by atoms with Gasteiger partial charge in [0.25, 0.3) is 0 Å². The van der Waals surface area contributed by atoms with Crippen LogP contribution in [0.25, 0.3) is 0 Å². The van der Waals surface area contributed by atoms with E-state index >= 15 is 0 Å². The molecule has 0 saturated heterocycles. The van der Waals surface area contributed by atoms with Gasteiger partial charge in [0, 0.05) is 0 Å². The van der Waals surface area contributed by atoms with Gasteiger partial charge in [0.05, 0.1) is 0 Å². The molecular weight excluding hydrogens is 128 g/mol. The first kappa shape index (κ1) is 6.39. The van der Waals surface area contributed by atoms with Gasteiger partial charge in [-0.25, -0.2) is 9.59 Å². The van der Waals surface area contributed by atoms with Crippen LogP contribution in [0.5, 0.6) is 0 Å². The van der Waals surface area contributed by atoms with Crippen LogP contribution in [0.1, 0.15) is 0 Å². The van der Waals surface area contributed by atoms with E-state index in [0.29, 0.717) is 0 Å². The molecule has 3 nitrogen and oxygen atoms in total. The summed E-state index contributed by atoms with van der Waals surface area (Å²) in [6.45, 7) is 0. The van der Waals surface area contributed by atoms with E-state index in [9.17, 15) is 9.59 Å². The maximum atomic E-state index is 9.35. The monoisotopic (exact) mass is 130 g/mol. The Bertz CT molecular complexity index is 114. The van der Waals surface area contributed by atoms with E-state index in [2.05, 4.69) is 4.12 Å². The van der Waals surface area contributed by atoms with Crippen LogP contribution in [0.15, 0.2) is 0 Å². The lowest BCUT2D eigenvalue weighted by atomic mass is 11.9. The highest BCUT2D eigenvalue weighted by Crippen LogP contribution is 1.38. The van der Waals surface area contributed by atoms with Gasteiger partial charge in [-0.2, -0.15) is 0 Å². The quantitative estimate of drug-likeness (QED) is 0.400. The van der Waals surface area contributed by atoms with Crippen LogP contribution in [0, 0.1) is 0 Å². The Morgan fingerprint density at radius 3 is 1.86 bits per heavy atom. The zero-order valence-corrected chi connectivity index (χ0v) is 5.69. The molecule has 0 rings (SSSR count). The van der Waals surface area contributed by atoms with E-state index in [-0.39, 0.29) is 0 Å². The van der Waals surface area contributed by atoms with Gasteiger partial charge < -0.3 is 4.12 Å². The molecule has 0 aliphatic heterocycles. The van der Waals surface area contributed by atoms with Crippen molar-refractivity contribution in [3.8, 4) is 0 Å². The van der Waals surface area contributed by atoms with Gasteiger partial charge in [-0.1, -0.05) is 0 Å². The molecule has 0 fully saturated rings. The zero-order chi connectivity index (χ0) is 5.54. The molecule has 0 unspecified atom stereocenters. The molecule has 0 heterocycles. The van der Waals surface area contributed by atoms with Crippen LogP contribution in [-0.4, -0.2) is 29.8 Å². The van der Waals surface area contributed by atoms with E-state index < -0.39 is 18.8 Å². The first-order valence-corrected chi connectivity index (χ1v) is 3.55. The molecule has 0 saturated carbocycles. The lowest BCUT2D eigenvalue weighted by Gasteiger charge is -1.73. The molecule has 0 radical (unpaired) electrons. The van der Waals surface area contributed by atoms with Crippen LogP contribution in [-0.2, 0) is 13.7 Å². The molecule has 0 aromatic rings. The van der Waals surface area contributed by atoms with Gasteiger partial charge >= 0.3 is 18.8 Å². The van der Waals surface area contributed by atoms with Crippen molar-refractivity contribution in [2.75, 3.05) is 0 Å². The Morgan fingerprint density at radius 1 is 1.14 bits per heavy atom. The molecule has 7 heavy (non-hydrogen) atoms. The minimum Gasteiger partial charge on any atom is -0.568 e. The fraction of sp³-hybridized carbons (Fsp3) is 0. The predicted octanol–water partition coefficient (Wildman–Crippen LogP) is -2.16. The van der Waals surface area contributed by atoms with Gasteiger partial charge in [0.15, 0.2) is 0 Å². The normalized spacial score (nSPS) is 5.14. The van der Waals surface area contributed by atoms with Crippen molar-refractivity contribution in [2.24, 2.45) is 0 Å². The number of rotatable bonds is 2. The summed E-state index contributed by atoms with van der Waals surface area (Å²) < 4.78 is 4.45. The van der Waals surface area contributed by atoms with Crippen LogP contribution in [0.4, 0.5) is 0 Å². The summed E-state index contributed by atoms with van der Waals surface area (Å²) in [5.41, 5.74) is 3.11. The molecule has 0 atom stereocenters. The van der Waals surface area contributed by atoms with Crippen LogP contribution >= 0.6 is 0 Å². The molecule has 0 bridgehead atoms. The lowest BCUT2D eigenvalue weighted by Crippen LogP contribution is -1.87. The second-order valence-electron chi connectivity index (χ2n) is 0.607. The fourth-order valence-electron chi connectivity index (χ4n) is 0.0896. The van der Waals surface area contributed by atoms with Gasteiger partial charge in [0.1, 0.15) is 11.1 Å². The largest absolute Gasteiger partial charge is 0.568 e. The van der Waals surface area contributed by atoms with E-state index in [1.807, 2.05) is 0 Å². The SMILES string of the molecule is O=C=[SiH]O[SiH]=C=O. The third kappa shape index (κ3) is 5.39. The minimum atomic E-state index is -0.715. The van der Waals surface area contributed by atoms with Crippen molar-refractivity contribution in [3.63, 3.8) is 0 Å². The van der Waals surface area contributed by atoms with Crippen molar-refractivity contribution < 1.29 is 13.7 Å². The predicted molar refractivity (Wildman–Crippen MR) is 26.8 cm³/mol. The minimum absolute atomic E-state index is 0.715. The van der Waals surface area contributed by atoms with E-state index in [0.717, 1.165) is 0 Å². The lowest BCUT2D eigenvalue weighted by molar-refractivity contribution is 0.564.